The van der Waals surface area contributed by atoms with Crippen LogP contribution >= 0.6 is 0 Å². The Bertz CT molecular complexity index is 2170. The molecule has 0 saturated carbocycles. The third-order valence-electron chi connectivity index (χ3n) is 8.21. The van der Waals surface area contributed by atoms with Crippen molar-refractivity contribution in [1.29, 1.82) is 0 Å². The van der Waals surface area contributed by atoms with E-state index in [-0.39, 0.29) is 0 Å². The molecule has 0 amide bonds. The Morgan fingerprint density at radius 2 is 0.775 bits per heavy atom. The number of nitrogens with one attached hydrogen (secondary N) is 2. The molecule has 4 aromatic carbocycles. The van der Waals surface area contributed by atoms with E-state index in [0.717, 1.165) is 33.5 Å². The number of aromatic amines is 2. The van der Waals surface area contributed by atoms with Gasteiger partial charge in [-0.05, 0) is 98.4 Å². The van der Waals surface area contributed by atoms with Gasteiger partial charge >= 0.3 is 0 Å². The SMILES string of the molecule is c1ccc2c(c1)-c1cc-2cc2ccc(cc3nc(cc4ccc(c1)[nH]4)-c1c-3c3ccccc3c3ccccc13)[nH]2. The summed E-state index contributed by atoms with van der Waals surface area (Å²) < 4.78 is 0. The van der Waals surface area contributed by atoms with Gasteiger partial charge in [-0.25, -0.2) is 4.98 Å². The first-order valence-electron chi connectivity index (χ1n) is 13.6. The fourth-order valence-electron chi connectivity index (χ4n) is 6.50. The fraction of sp³-hybridized carbons (Fsp3) is 0. The summed E-state index contributed by atoms with van der Waals surface area (Å²) in [5, 5.41) is 4.95. The molecule has 3 aromatic heterocycles. The zero-order valence-corrected chi connectivity index (χ0v) is 21.6. The van der Waals surface area contributed by atoms with E-state index in [1.807, 2.05) is 0 Å². The molecule has 2 N–H and O–H groups in total. The van der Waals surface area contributed by atoms with Crippen LogP contribution in [0.25, 0.3) is 88.4 Å². The number of nitrogens with zero attached hydrogens (tertiary/aromatic N) is 1. The van der Waals surface area contributed by atoms with Gasteiger partial charge in [0.2, 0.25) is 0 Å². The summed E-state index contributed by atoms with van der Waals surface area (Å²) in [4.78, 5) is 12.5. The smallest absolute Gasteiger partial charge is 0.0743 e. The standard InChI is InChI=1S/C37H23N3/c1-2-8-29-23-17-22(28(29)7-1)18-24-13-15-26(38-24)20-34-36-32-11-5-3-9-30(32)31-10-4-6-12-33(31)37(36)35(40-34)21-27-16-14-25(19-23)39-27/h1-21,38-39H. The zero-order chi connectivity index (χ0) is 26.2. The van der Waals surface area contributed by atoms with Gasteiger partial charge in [0.1, 0.15) is 0 Å². The van der Waals surface area contributed by atoms with Gasteiger partial charge in [0.15, 0.2) is 0 Å². The van der Waals surface area contributed by atoms with Gasteiger partial charge in [-0.1, -0.05) is 72.8 Å². The van der Waals surface area contributed by atoms with Crippen LogP contribution in [0.2, 0.25) is 0 Å². The van der Waals surface area contributed by atoms with Crippen molar-refractivity contribution in [2.24, 2.45) is 0 Å². The quantitative estimate of drug-likeness (QED) is 0.196. The molecule has 7 aromatic rings. The molecule has 40 heavy (non-hydrogen) atoms. The minimum atomic E-state index is 0.975. The van der Waals surface area contributed by atoms with Crippen molar-refractivity contribution >= 4 is 43.6 Å². The Hall–Kier alpha value is -5.41. The Morgan fingerprint density at radius 3 is 1.25 bits per heavy atom. The summed E-state index contributed by atoms with van der Waals surface area (Å²) in [5.41, 5.74) is 13.5. The molecule has 9 rings (SSSR count). The minimum absolute atomic E-state index is 0.975. The highest BCUT2D eigenvalue weighted by Crippen LogP contribution is 2.46. The lowest BCUT2D eigenvalue weighted by Crippen LogP contribution is -1.85. The molecule has 0 atom stereocenters. The molecular weight excluding hydrogens is 486 g/mol. The van der Waals surface area contributed by atoms with Gasteiger partial charge in [-0.15, -0.1) is 0 Å². The van der Waals surface area contributed by atoms with Crippen molar-refractivity contribution < 1.29 is 0 Å². The van der Waals surface area contributed by atoms with Gasteiger partial charge in [-0.2, -0.15) is 0 Å². The molecular formula is C37H23N3. The molecule has 2 aliphatic rings. The highest BCUT2D eigenvalue weighted by Gasteiger charge is 2.23. The highest BCUT2D eigenvalue weighted by atomic mass is 14.8. The van der Waals surface area contributed by atoms with Gasteiger partial charge in [-0.3, -0.25) is 0 Å². The molecule has 1 aliphatic carbocycles. The van der Waals surface area contributed by atoms with Crippen molar-refractivity contribution in [2.45, 2.75) is 0 Å². The normalized spacial score (nSPS) is 12.0. The Balaban J connectivity index is 1.44. The molecule has 0 radical (unpaired) electrons. The van der Waals surface area contributed by atoms with Crippen LogP contribution in [0.15, 0.2) is 127 Å². The molecule has 3 nitrogen and oxygen atoms in total. The van der Waals surface area contributed by atoms with E-state index in [0.29, 0.717) is 0 Å². The van der Waals surface area contributed by atoms with Crippen LogP contribution < -0.4 is 0 Å². The maximum absolute atomic E-state index is 5.27. The van der Waals surface area contributed by atoms with E-state index in [1.165, 1.54) is 54.9 Å². The highest BCUT2D eigenvalue weighted by molar-refractivity contribution is 6.22. The molecule has 8 bridgehead atoms. The average molecular weight is 510 g/mol. The van der Waals surface area contributed by atoms with Crippen molar-refractivity contribution in [3.05, 3.63) is 127 Å². The maximum Gasteiger partial charge on any atom is 0.0743 e. The second kappa shape index (κ2) is 8.05. The molecule has 4 heterocycles. The number of aromatic nitrogens is 3. The average Bonchev–Trinajstić information content (AvgIpc) is 3.77. The lowest BCUT2D eigenvalue weighted by Gasteiger charge is -2.11. The molecule has 186 valence electrons. The predicted molar refractivity (Wildman–Crippen MR) is 167 cm³/mol. The minimum Gasteiger partial charge on any atom is -0.355 e. The monoisotopic (exact) mass is 509 g/mol. The summed E-state index contributed by atoms with van der Waals surface area (Å²) in [6.07, 6.45) is 0. The lowest BCUT2D eigenvalue weighted by molar-refractivity contribution is 1.41. The number of hydrogen-bond donors (Lipinski definition) is 2. The molecule has 0 spiro atoms. The molecule has 3 heteroatoms. The number of benzene rings is 4. The van der Waals surface area contributed by atoms with Crippen molar-refractivity contribution in [2.75, 3.05) is 0 Å². The molecule has 0 unspecified atom stereocenters. The number of hydrogen-bond acceptors (Lipinski definition) is 1. The summed E-state index contributed by atoms with van der Waals surface area (Å²) in [6, 6.07) is 45.7. The predicted octanol–water partition coefficient (Wildman–Crippen LogP) is 9.89. The molecule has 0 saturated heterocycles. The van der Waals surface area contributed by atoms with Crippen LogP contribution in [0.3, 0.4) is 0 Å². The molecule has 0 fully saturated rings. The van der Waals surface area contributed by atoms with E-state index in [9.17, 15) is 0 Å². The van der Waals surface area contributed by atoms with E-state index >= 15 is 0 Å². The summed E-state index contributed by atoms with van der Waals surface area (Å²) >= 11 is 0. The lowest BCUT2D eigenvalue weighted by atomic mass is 9.90. The van der Waals surface area contributed by atoms with E-state index in [4.69, 9.17) is 4.98 Å². The topological polar surface area (TPSA) is 44.5 Å². The van der Waals surface area contributed by atoms with Crippen LogP contribution in [-0.2, 0) is 0 Å². The number of fused-ring (bicyclic) bond motifs is 19. The molecule has 1 aliphatic heterocycles. The van der Waals surface area contributed by atoms with Gasteiger partial charge in [0.25, 0.3) is 0 Å². The zero-order valence-electron chi connectivity index (χ0n) is 21.6. The Labute approximate surface area is 230 Å². The summed E-state index contributed by atoms with van der Waals surface area (Å²) in [5.74, 6) is 0. The summed E-state index contributed by atoms with van der Waals surface area (Å²) in [6.45, 7) is 0. The first-order chi connectivity index (χ1) is 19.8. The Morgan fingerprint density at radius 1 is 0.375 bits per heavy atom. The van der Waals surface area contributed by atoms with E-state index in [1.54, 1.807) is 0 Å². The first-order valence-corrected chi connectivity index (χ1v) is 13.6. The van der Waals surface area contributed by atoms with Crippen molar-refractivity contribution in [1.82, 2.24) is 15.0 Å². The third kappa shape index (κ3) is 3.15. The first kappa shape index (κ1) is 21.5. The van der Waals surface area contributed by atoms with E-state index < -0.39 is 0 Å². The van der Waals surface area contributed by atoms with Crippen molar-refractivity contribution in [3.63, 3.8) is 0 Å². The van der Waals surface area contributed by atoms with Crippen LogP contribution in [0.5, 0.6) is 0 Å². The maximum atomic E-state index is 5.27. The summed E-state index contributed by atoms with van der Waals surface area (Å²) in [7, 11) is 0. The van der Waals surface area contributed by atoms with Crippen LogP contribution in [0, 0.1) is 0 Å². The van der Waals surface area contributed by atoms with Crippen LogP contribution in [0.4, 0.5) is 0 Å². The second-order valence-corrected chi connectivity index (χ2v) is 10.6. The second-order valence-electron chi connectivity index (χ2n) is 10.6. The van der Waals surface area contributed by atoms with E-state index in [2.05, 4.69) is 137 Å². The fourth-order valence-corrected chi connectivity index (χ4v) is 6.50. The van der Waals surface area contributed by atoms with Crippen LogP contribution in [0.1, 0.15) is 0 Å². The Kier molecular flexibility index (Phi) is 4.33. The van der Waals surface area contributed by atoms with Crippen LogP contribution in [-0.4, -0.2) is 15.0 Å². The number of H-pyrrole nitrogens is 2. The van der Waals surface area contributed by atoms with Gasteiger partial charge in [0, 0.05) is 33.2 Å². The third-order valence-corrected chi connectivity index (χ3v) is 8.21. The van der Waals surface area contributed by atoms with Gasteiger partial charge in [0.05, 0.1) is 11.4 Å². The largest absolute Gasteiger partial charge is 0.355 e. The van der Waals surface area contributed by atoms with Gasteiger partial charge < -0.3 is 9.97 Å². The van der Waals surface area contributed by atoms with Crippen molar-refractivity contribution in [3.8, 4) is 44.8 Å². The number of rotatable bonds is 0.